The Kier molecular flexibility index (Phi) is 74.5. The van der Waals surface area contributed by atoms with E-state index in [4.69, 9.17) is 28.8 Å². The van der Waals surface area contributed by atoms with Gasteiger partial charge in [0.25, 0.3) is 0 Å². The summed E-state index contributed by atoms with van der Waals surface area (Å²) in [6, 6.07) is 0. The second-order valence-electron chi connectivity index (χ2n) is 1.60. The summed E-state index contributed by atoms with van der Waals surface area (Å²) in [4.78, 5) is 54.7. The van der Waals surface area contributed by atoms with Gasteiger partial charge in [0.05, 0.1) is 26.7 Å². The average Bonchev–Trinajstić information content (AvgIpc) is 2.08. The Labute approximate surface area is 225 Å². The summed E-state index contributed by atoms with van der Waals surface area (Å²) < 4.78 is -3.33. The second-order valence-corrected chi connectivity index (χ2v) is 8.07. The van der Waals surface area contributed by atoms with E-state index in [1.54, 1.807) is 0 Å². The molecular weight excluding hydrogens is 737 g/mol. The first-order valence-electron chi connectivity index (χ1n) is 3.79. The zero-order valence-electron chi connectivity index (χ0n) is 11.0. The molecule has 0 aromatic rings. The third-order valence-corrected chi connectivity index (χ3v) is 0. The molecule has 0 saturated carbocycles. The Balaban J connectivity index is -0.0000000309. The van der Waals surface area contributed by atoms with Crippen LogP contribution in [0.3, 0.4) is 0 Å². The van der Waals surface area contributed by atoms with Crippen LogP contribution in [-0.4, -0.2) is 26.7 Å². The van der Waals surface area contributed by atoms with Crippen molar-refractivity contribution in [2.75, 3.05) is 0 Å². The molecule has 0 radical (unpaired) electrons. The normalized spacial score (nSPS) is 6.00. The van der Waals surface area contributed by atoms with Crippen LogP contribution in [0.5, 0.6) is 0 Å². The van der Waals surface area contributed by atoms with E-state index in [0.717, 1.165) is 0 Å². The summed E-state index contributed by atoms with van der Waals surface area (Å²) in [7, 11) is 0. The standard InChI is InChI=1S/6CH2OS2.W/c6*2-1(3)4;/h6*(H2,2,3,4);/p-6. The van der Waals surface area contributed by atoms with Crippen molar-refractivity contribution in [3.8, 4) is 0 Å². The summed E-state index contributed by atoms with van der Waals surface area (Å²) >= 11 is 41.9. The van der Waals surface area contributed by atoms with Crippen LogP contribution in [-0.2, 0) is 96.8 Å². The van der Waals surface area contributed by atoms with Gasteiger partial charge in [-0.15, -0.1) is 75.8 Å². The molecule has 0 spiro atoms. The number of thiol groups is 6. The van der Waals surface area contributed by atoms with Crippen LogP contribution in [0, 0.1) is 0 Å². The molecule has 0 bridgehead atoms. The largest absolute Gasteiger partial charge is 0.731 e. The maximum atomic E-state index is 9.12. The number of rotatable bonds is 0. The quantitative estimate of drug-likeness (QED) is 0.162. The Bertz CT molecular complexity index is 273. The molecule has 6 nitrogen and oxygen atoms in total. The molecule has 0 aliphatic heterocycles. The van der Waals surface area contributed by atoms with Crippen LogP contribution in [0.1, 0.15) is 0 Å². The average molecular weight is 743 g/mol. The Morgan fingerprint density at radius 2 is 0.360 bits per heavy atom. The van der Waals surface area contributed by atoms with Crippen LogP contribution in [0.2, 0.25) is 0 Å². The van der Waals surface area contributed by atoms with Gasteiger partial charge in [-0.1, -0.05) is 0 Å². The van der Waals surface area contributed by atoms with Crippen LogP contribution in [0.15, 0.2) is 0 Å². The van der Waals surface area contributed by atoms with Crippen molar-refractivity contribution in [1.29, 1.82) is 0 Å². The Morgan fingerprint density at radius 1 is 0.360 bits per heavy atom. The van der Waals surface area contributed by atoms with Crippen molar-refractivity contribution in [2.45, 2.75) is 0 Å². The number of carbonyl (C=O) groups excluding carboxylic acids is 6. The van der Waals surface area contributed by atoms with Gasteiger partial charge in [-0.25, -0.2) is 0 Å². The minimum atomic E-state index is -0.556. The van der Waals surface area contributed by atoms with Crippen molar-refractivity contribution in [2.24, 2.45) is 0 Å². The molecule has 25 heavy (non-hydrogen) atoms. The van der Waals surface area contributed by atoms with Crippen molar-refractivity contribution in [1.82, 2.24) is 0 Å². The summed E-state index contributed by atoms with van der Waals surface area (Å²) in [6.07, 6.45) is 0. The number of hydrogen-bond donors (Lipinski definition) is 6. The molecule has 19 heteroatoms. The summed E-state index contributed by atoms with van der Waals surface area (Å²) in [6.45, 7) is 0. The van der Waals surface area contributed by atoms with Crippen molar-refractivity contribution in [3.63, 3.8) is 0 Å². The summed E-state index contributed by atoms with van der Waals surface area (Å²) in [5.74, 6) is 0. The Morgan fingerprint density at radius 3 is 0.360 bits per heavy atom. The van der Waals surface area contributed by atoms with Gasteiger partial charge in [0, 0.05) is 21.1 Å². The smallest absolute Gasteiger partial charge is 0.0654 e. The van der Waals surface area contributed by atoms with Gasteiger partial charge >= 0.3 is 0 Å². The maximum Gasteiger partial charge on any atom is 0.0654 e. The van der Waals surface area contributed by atoms with Gasteiger partial charge in [0.1, 0.15) is 0 Å². The van der Waals surface area contributed by atoms with E-state index in [0.29, 0.717) is 0 Å². The third kappa shape index (κ3) is 3360. The van der Waals surface area contributed by atoms with Gasteiger partial charge in [-0.2, -0.15) is 0 Å². The van der Waals surface area contributed by atoms with Gasteiger partial charge in [0.15, 0.2) is 0 Å². The fourth-order valence-corrected chi connectivity index (χ4v) is 0. The molecule has 0 rings (SSSR count). The summed E-state index contributed by atoms with van der Waals surface area (Å²) in [5.41, 5.74) is 0. The monoisotopic (exact) mass is 742 g/mol. The molecule has 150 valence electrons. The molecule has 0 fully saturated rings. The van der Waals surface area contributed by atoms with Crippen LogP contribution >= 0.6 is 75.8 Å². The fraction of sp³-hybridized carbons (Fsp3) is 0. The predicted octanol–water partition coefficient (Wildman–Crippen LogP) is 3.50. The van der Waals surface area contributed by atoms with Gasteiger partial charge in [0.2, 0.25) is 0 Å². The van der Waals surface area contributed by atoms with E-state index in [2.05, 4.69) is 152 Å². The molecule has 0 amide bonds. The minimum Gasteiger partial charge on any atom is -0.731 e. The SMILES string of the molecule is O=C([S-])S.O=C([S-])S.O=C([S-])S.O=C([S-])S.O=C([S-])S.O=C([S-])S.[W]. The van der Waals surface area contributed by atoms with Crippen molar-refractivity contribution >= 4 is 178 Å². The number of hydrogen-bond acceptors (Lipinski definition) is 12. The molecule has 0 saturated heterocycles. The first-order valence-corrected chi connectivity index (χ1v) is 8.92. The van der Waals surface area contributed by atoms with Crippen molar-refractivity contribution < 1.29 is 49.8 Å². The molecule has 0 aromatic heterocycles. The number of carbonyl (C=O) groups is 6. The molecule has 0 aliphatic rings. The van der Waals surface area contributed by atoms with E-state index in [9.17, 15) is 0 Å². The molecule has 0 heterocycles. The third-order valence-electron chi connectivity index (χ3n) is 0. The molecular formula is C6H6O6S12W-6. The molecule has 0 N–H and O–H groups in total. The van der Waals surface area contributed by atoms with Crippen LogP contribution in [0.4, 0.5) is 28.8 Å². The first kappa shape index (κ1) is 45.7. The minimum absolute atomic E-state index is 0. The van der Waals surface area contributed by atoms with E-state index in [-0.39, 0.29) is 21.1 Å². The second kappa shape index (κ2) is 40.7. The molecule has 0 atom stereocenters. The van der Waals surface area contributed by atoms with Crippen LogP contribution < -0.4 is 0 Å². The van der Waals surface area contributed by atoms with Gasteiger partial charge in [-0.3, -0.25) is 0 Å². The Hall–Kier alpha value is 2.13. The van der Waals surface area contributed by atoms with Gasteiger partial charge < -0.3 is 105 Å². The van der Waals surface area contributed by atoms with E-state index < -0.39 is 26.7 Å². The maximum absolute atomic E-state index is 9.12. The van der Waals surface area contributed by atoms with E-state index in [1.807, 2.05) is 0 Å². The van der Waals surface area contributed by atoms with E-state index >= 15 is 0 Å². The fourth-order valence-electron chi connectivity index (χ4n) is 0. The zero-order chi connectivity index (χ0) is 21.5. The molecule has 0 unspecified atom stereocenters. The molecule has 0 aliphatic carbocycles. The van der Waals surface area contributed by atoms with Crippen LogP contribution in [0.25, 0.3) is 0 Å². The first-order chi connectivity index (χ1) is 10.4. The molecule has 0 aromatic carbocycles. The van der Waals surface area contributed by atoms with E-state index in [1.165, 1.54) is 0 Å². The summed E-state index contributed by atoms with van der Waals surface area (Å²) in [5, 5.41) is 0. The topological polar surface area (TPSA) is 102 Å². The predicted molar refractivity (Wildman–Crippen MR) is 130 cm³/mol. The van der Waals surface area contributed by atoms with Gasteiger partial charge in [-0.05, 0) is 0 Å². The van der Waals surface area contributed by atoms with Crippen molar-refractivity contribution in [3.05, 3.63) is 0 Å². The zero-order valence-corrected chi connectivity index (χ0v) is 24.2.